The summed E-state index contributed by atoms with van der Waals surface area (Å²) in [6.07, 6.45) is 1.13. The number of hydrogen-bond donors (Lipinski definition) is 3. The van der Waals surface area contributed by atoms with Gasteiger partial charge in [-0.3, -0.25) is 14.6 Å². The Morgan fingerprint density at radius 2 is 1.69 bits per heavy atom. The molecule has 0 radical (unpaired) electrons. The van der Waals surface area contributed by atoms with E-state index in [9.17, 15) is 13.2 Å². The first-order valence-electron chi connectivity index (χ1n) is 8.19. The third-order valence-electron chi connectivity index (χ3n) is 3.86. The number of methoxy groups -OCH3 is 2. The van der Waals surface area contributed by atoms with Crippen molar-refractivity contribution in [1.29, 1.82) is 0 Å². The van der Waals surface area contributed by atoms with Gasteiger partial charge in [0, 0.05) is 22.5 Å². The number of H-pyrrole nitrogens is 1. The van der Waals surface area contributed by atoms with Gasteiger partial charge in [-0.2, -0.15) is 13.5 Å². The van der Waals surface area contributed by atoms with Gasteiger partial charge in [0.2, 0.25) is 0 Å². The number of benzene rings is 2. The minimum absolute atomic E-state index is 0.152. The summed E-state index contributed by atoms with van der Waals surface area (Å²) in [5, 5.41) is 8.75. The molecular weight excluding hydrogens is 420 g/mol. The van der Waals surface area contributed by atoms with E-state index in [1.165, 1.54) is 38.5 Å². The molecule has 0 aliphatic carbocycles. The number of halogens is 1. The number of nitrogens with one attached hydrogen (secondary N) is 3. The standard InChI is InChI=1S/C18H17ClN4O5S/c1-27-15-8-7-13(9-16(15)28-2)21-17(24)14-10-20-22-18(14)29(25,26)23-12-5-3-11(19)4-6-12/h3-10,23H,1-2H3,(H,20,22)(H,21,24). The van der Waals surface area contributed by atoms with Crippen LogP contribution in [-0.2, 0) is 10.0 Å². The molecule has 3 aromatic rings. The molecule has 0 unspecified atom stereocenters. The van der Waals surface area contributed by atoms with E-state index in [-0.39, 0.29) is 16.3 Å². The smallest absolute Gasteiger partial charge is 0.279 e. The van der Waals surface area contributed by atoms with Crippen molar-refractivity contribution < 1.29 is 22.7 Å². The van der Waals surface area contributed by atoms with Gasteiger partial charge in [0.25, 0.3) is 15.9 Å². The molecule has 0 fully saturated rings. The normalized spacial score (nSPS) is 11.0. The number of carbonyl (C=O) groups excluding carboxylic acids is 1. The van der Waals surface area contributed by atoms with E-state index in [1.54, 1.807) is 18.2 Å². The SMILES string of the molecule is COc1ccc(NC(=O)c2cn[nH]c2S(=O)(=O)Nc2ccc(Cl)cc2)cc1OC. The molecule has 3 N–H and O–H groups in total. The van der Waals surface area contributed by atoms with Gasteiger partial charge in [-0.25, -0.2) is 0 Å². The highest BCUT2D eigenvalue weighted by Crippen LogP contribution is 2.30. The van der Waals surface area contributed by atoms with Crippen LogP contribution in [0.1, 0.15) is 10.4 Å². The predicted octanol–water partition coefficient (Wildman–Crippen LogP) is 3.13. The van der Waals surface area contributed by atoms with Gasteiger partial charge in [0.05, 0.1) is 26.0 Å². The van der Waals surface area contributed by atoms with Crippen LogP contribution in [0, 0.1) is 0 Å². The summed E-state index contributed by atoms with van der Waals surface area (Å²) in [5.41, 5.74) is 0.527. The molecule has 1 heterocycles. The average molecular weight is 437 g/mol. The number of nitrogens with zero attached hydrogens (tertiary/aromatic N) is 1. The summed E-state index contributed by atoms with van der Waals surface area (Å²) in [5.74, 6) is 0.237. The van der Waals surface area contributed by atoms with E-state index in [0.717, 1.165) is 6.20 Å². The van der Waals surface area contributed by atoms with Crippen molar-refractivity contribution in [3.05, 3.63) is 59.2 Å². The molecule has 0 bridgehead atoms. The summed E-state index contributed by atoms with van der Waals surface area (Å²) in [4.78, 5) is 12.6. The van der Waals surface area contributed by atoms with Crippen LogP contribution in [0.3, 0.4) is 0 Å². The topological polar surface area (TPSA) is 122 Å². The summed E-state index contributed by atoms with van der Waals surface area (Å²) >= 11 is 5.80. The third kappa shape index (κ3) is 4.61. The minimum atomic E-state index is -4.09. The molecular formula is C18H17ClN4O5S. The maximum atomic E-state index is 12.7. The van der Waals surface area contributed by atoms with E-state index in [0.29, 0.717) is 22.2 Å². The number of aromatic amines is 1. The molecule has 3 rings (SSSR count). The fourth-order valence-corrected chi connectivity index (χ4v) is 3.76. The molecule has 0 aliphatic rings. The van der Waals surface area contributed by atoms with Crippen LogP contribution in [0.25, 0.3) is 0 Å². The van der Waals surface area contributed by atoms with Crippen LogP contribution in [-0.4, -0.2) is 38.7 Å². The molecule has 0 aliphatic heterocycles. The van der Waals surface area contributed by atoms with Gasteiger partial charge in [-0.15, -0.1) is 0 Å². The van der Waals surface area contributed by atoms with E-state index in [1.807, 2.05) is 0 Å². The van der Waals surface area contributed by atoms with Gasteiger partial charge >= 0.3 is 0 Å². The Bertz CT molecular complexity index is 1130. The summed E-state index contributed by atoms with van der Waals surface area (Å²) < 4.78 is 38.1. The Labute approximate surface area is 172 Å². The number of rotatable bonds is 7. The van der Waals surface area contributed by atoms with Crippen molar-refractivity contribution in [3.63, 3.8) is 0 Å². The van der Waals surface area contributed by atoms with Crippen LogP contribution < -0.4 is 19.5 Å². The van der Waals surface area contributed by atoms with Gasteiger partial charge < -0.3 is 14.8 Å². The second-order valence-electron chi connectivity index (χ2n) is 5.75. The number of hydrogen-bond acceptors (Lipinski definition) is 6. The predicted molar refractivity (Wildman–Crippen MR) is 108 cm³/mol. The molecule has 0 saturated carbocycles. The first-order chi connectivity index (χ1) is 13.8. The minimum Gasteiger partial charge on any atom is -0.493 e. The maximum absolute atomic E-state index is 12.7. The Hall–Kier alpha value is -3.24. The van der Waals surface area contributed by atoms with Crippen molar-refractivity contribution in [2.45, 2.75) is 5.03 Å². The number of aromatic nitrogens is 2. The second-order valence-corrected chi connectivity index (χ2v) is 7.80. The van der Waals surface area contributed by atoms with Gasteiger partial charge in [0.15, 0.2) is 16.5 Å². The summed E-state index contributed by atoms with van der Waals surface area (Å²) in [7, 11) is -1.13. The zero-order valence-corrected chi connectivity index (χ0v) is 17.0. The van der Waals surface area contributed by atoms with E-state index in [4.69, 9.17) is 21.1 Å². The molecule has 9 nitrogen and oxygen atoms in total. The fraction of sp³-hybridized carbons (Fsp3) is 0.111. The molecule has 2 aromatic carbocycles. The van der Waals surface area contributed by atoms with Gasteiger partial charge in [-0.05, 0) is 36.4 Å². The first-order valence-corrected chi connectivity index (χ1v) is 10.1. The van der Waals surface area contributed by atoms with Crippen molar-refractivity contribution in [2.24, 2.45) is 0 Å². The quantitative estimate of drug-likeness (QED) is 0.523. The zero-order chi connectivity index (χ0) is 21.0. The van der Waals surface area contributed by atoms with Gasteiger partial charge in [-0.1, -0.05) is 11.6 Å². The number of carbonyl (C=O) groups is 1. The summed E-state index contributed by atoms with van der Waals surface area (Å²) in [6, 6.07) is 10.8. The molecule has 11 heteroatoms. The Balaban J connectivity index is 1.83. The Morgan fingerprint density at radius 1 is 1.03 bits per heavy atom. The Kier molecular flexibility index (Phi) is 5.95. The van der Waals surface area contributed by atoms with Crippen LogP contribution in [0.5, 0.6) is 11.5 Å². The molecule has 29 heavy (non-hydrogen) atoms. The molecule has 1 aromatic heterocycles. The van der Waals surface area contributed by atoms with E-state index in [2.05, 4.69) is 20.2 Å². The number of sulfonamides is 1. The van der Waals surface area contributed by atoms with Crippen molar-refractivity contribution in [3.8, 4) is 11.5 Å². The van der Waals surface area contributed by atoms with Gasteiger partial charge in [0.1, 0.15) is 0 Å². The number of ether oxygens (including phenoxy) is 2. The zero-order valence-electron chi connectivity index (χ0n) is 15.4. The van der Waals surface area contributed by atoms with Crippen LogP contribution >= 0.6 is 11.6 Å². The Morgan fingerprint density at radius 3 is 2.34 bits per heavy atom. The highest BCUT2D eigenvalue weighted by Gasteiger charge is 2.25. The molecule has 0 saturated heterocycles. The first kappa shape index (κ1) is 20.5. The maximum Gasteiger partial charge on any atom is 0.279 e. The largest absolute Gasteiger partial charge is 0.493 e. The lowest BCUT2D eigenvalue weighted by Crippen LogP contribution is -2.19. The van der Waals surface area contributed by atoms with Crippen molar-refractivity contribution >= 4 is 38.9 Å². The van der Waals surface area contributed by atoms with Crippen LogP contribution in [0.15, 0.2) is 53.7 Å². The lowest BCUT2D eigenvalue weighted by Gasteiger charge is -2.11. The van der Waals surface area contributed by atoms with Crippen LogP contribution in [0.4, 0.5) is 11.4 Å². The monoisotopic (exact) mass is 436 g/mol. The van der Waals surface area contributed by atoms with Crippen molar-refractivity contribution in [2.75, 3.05) is 24.3 Å². The average Bonchev–Trinajstić information content (AvgIpc) is 3.20. The fourth-order valence-electron chi connectivity index (χ4n) is 2.48. The van der Waals surface area contributed by atoms with E-state index >= 15 is 0 Å². The van der Waals surface area contributed by atoms with E-state index < -0.39 is 15.9 Å². The third-order valence-corrected chi connectivity index (χ3v) is 5.46. The highest BCUT2D eigenvalue weighted by molar-refractivity contribution is 7.92. The molecule has 0 spiro atoms. The number of anilines is 2. The van der Waals surface area contributed by atoms with Crippen LogP contribution in [0.2, 0.25) is 5.02 Å². The lowest BCUT2D eigenvalue weighted by molar-refractivity contribution is 0.102. The number of amides is 1. The second kappa shape index (κ2) is 8.41. The molecule has 152 valence electrons. The highest BCUT2D eigenvalue weighted by atomic mass is 35.5. The molecule has 1 amide bonds. The molecule has 0 atom stereocenters. The summed E-state index contributed by atoms with van der Waals surface area (Å²) in [6.45, 7) is 0. The van der Waals surface area contributed by atoms with Crippen molar-refractivity contribution in [1.82, 2.24) is 10.2 Å². The lowest BCUT2D eigenvalue weighted by atomic mass is 10.2.